The summed E-state index contributed by atoms with van der Waals surface area (Å²) in [7, 11) is 0. The molecule has 0 spiro atoms. The standard InChI is InChI=1S/C15H20N6O2/c1-12(21-6-2-4-18-21)14(22)17-11-13-3-5-16-15(19-13)20-7-9-23-10-8-20/h2-6,12H,7-11H2,1H3,(H,17,22). The number of nitrogens with zero attached hydrogens (tertiary/aromatic N) is 5. The second-order valence-corrected chi connectivity index (χ2v) is 5.33. The van der Waals surface area contributed by atoms with E-state index in [1.165, 1.54) is 0 Å². The highest BCUT2D eigenvalue weighted by Gasteiger charge is 2.16. The third-order valence-electron chi connectivity index (χ3n) is 3.74. The van der Waals surface area contributed by atoms with Crippen molar-refractivity contribution in [2.24, 2.45) is 0 Å². The lowest BCUT2D eigenvalue weighted by Gasteiger charge is -2.26. The lowest BCUT2D eigenvalue weighted by Crippen LogP contribution is -2.37. The zero-order valence-corrected chi connectivity index (χ0v) is 13.1. The van der Waals surface area contributed by atoms with E-state index in [0.717, 1.165) is 18.8 Å². The quantitative estimate of drug-likeness (QED) is 0.859. The number of carbonyl (C=O) groups is 1. The highest BCUT2D eigenvalue weighted by atomic mass is 16.5. The van der Waals surface area contributed by atoms with Crippen molar-refractivity contribution in [1.29, 1.82) is 0 Å². The van der Waals surface area contributed by atoms with Gasteiger partial charge in [-0.1, -0.05) is 0 Å². The van der Waals surface area contributed by atoms with Crippen LogP contribution in [0.25, 0.3) is 0 Å². The number of nitrogens with one attached hydrogen (secondary N) is 1. The summed E-state index contributed by atoms with van der Waals surface area (Å²) in [4.78, 5) is 23.1. The second kappa shape index (κ2) is 7.19. The summed E-state index contributed by atoms with van der Waals surface area (Å²) in [5, 5.41) is 6.96. The molecule has 1 saturated heterocycles. The van der Waals surface area contributed by atoms with Crippen molar-refractivity contribution in [2.75, 3.05) is 31.2 Å². The number of ether oxygens (including phenoxy) is 1. The number of anilines is 1. The van der Waals surface area contributed by atoms with Crippen LogP contribution in [0.5, 0.6) is 0 Å². The van der Waals surface area contributed by atoms with Gasteiger partial charge >= 0.3 is 0 Å². The Morgan fingerprint density at radius 2 is 2.22 bits per heavy atom. The molecule has 0 radical (unpaired) electrons. The van der Waals surface area contributed by atoms with Crippen molar-refractivity contribution in [3.8, 4) is 0 Å². The Hall–Kier alpha value is -2.48. The summed E-state index contributed by atoms with van der Waals surface area (Å²) in [6, 6.07) is 3.25. The first-order valence-electron chi connectivity index (χ1n) is 7.65. The minimum atomic E-state index is -0.356. The highest BCUT2D eigenvalue weighted by Crippen LogP contribution is 2.10. The van der Waals surface area contributed by atoms with Crippen LogP contribution in [0.3, 0.4) is 0 Å². The van der Waals surface area contributed by atoms with Crippen molar-refractivity contribution in [1.82, 2.24) is 25.1 Å². The normalized spacial score (nSPS) is 16.1. The molecule has 1 unspecified atom stereocenters. The molecule has 1 aliphatic rings. The Bertz CT molecular complexity index is 639. The summed E-state index contributed by atoms with van der Waals surface area (Å²) in [5.41, 5.74) is 0.780. The number of amides is 1. The van der Waals surface area contributed by atoms with Gasteiger partial charge in [0.05, 0.1) is 25.5 Å². The van der Waals surface area contributed by atoms with Gasteiger partial charge in [0, 0.05) is 31.7 Å². The maximum absolute atomic E-state index is 12.2. The molecule has 2 aromatic rings. The number of hydrogen-bond acceptors (Lipinski definition) is 6. The van der Waals surface area contributed by atoms with Crippen LogP contribution >= 0.6 is 0 Å². The largest absolute Gasteiger partial charge is 0.378 e. The van der Waals surface area contributed by atoms with Crippen molar-refractivity contribution in [3.05, 3.63) is 36.4 Å². The Labute approximate surface area is 134 Å². The molecule has 3 heterocycles. The summed E-state index contributed by atoms with van der Waals surface area (Å²) < 4.78 is 6.95. The van der Waals surface area contributed by atoms with E-state index in [-0.39, 0.29) is 11.9 Å². The lowest BCUT2D eigenvalue weighted by molar-refractivity contribution is -0.124. The van der Waals surface area contributed by atoms with Gasteiger partial charge in [0.15, 0.2) is 0 Å². The fraction of sp³-hybridized carbons (Fsp3) is 0.467. The third-order valence-corrected chi connectivity index (χ3v) is 3.74. The monoisotopic (exact) mass is 316 g/mol. The molecule has 23 heavy (non-hydrogen) atoms. The van der Waals surface area contributed by atoms with Gasteiger partial charge < -0.3 is 15.0 Å². The van der Waals surface area contributed by atoms with Crippen LogP contribution in [0.4, 0.5) is 5.95 Å². The topological polar surface area (TPSA) is 85.2 Å². The zero-order chi connectivity index (χ0) is 16.1. The Morgan fingerprint density at radius 1 is 1.39 bits per heavy atom. The number of morpholine rings is 1. The molecular formula is C15H20N6O2. The van der Waals surface area contributed by atoms with E-state index in [2.05, 4.69) is 25.3 Å². The minimum Gasteiger partial charge on any atom is -0.378 e. The van der Waals surface area contributed by atoms with E-state index in [1.807, 2.05) is 13.0 Å². The predicted octanol–water partition coefficient (Wildman–Crippen LogP) is 0.387. The molecule has 1 fully saturated rings. The van der Waals surface area contributed by atoms with Gasteiger partial charge in [0.2, 0.25) is 11.9 Å². The smallest absolute Gasteiger partial charge is 0.244 e. The highest BCUT2D eigenvalue weighted by molar-refractivity contribution is 5.79. The van der Waals surface area contributed by atoms with E-state index in [9.17, 15) is 4.79 Å². The van der Waals surface area contributed by atoms with E-state index < -0.39 is 0 Å². The molecule has 2 aromatic heterocycles. The van der Waals surface area contributed by atoms with E-state index in [4.69, 9.17) is 4.74 Å². The van der Waals surface area contributed by atoms with Crippen molar-refractivity contribution >= 4 is 11.9 Å². The fourth-order valence-corrected chi connectivity index (χ4v) is 2.35. The Balaban J connectivity index is 1.58. The Kier molecular flexibility index (Phi) is 4.82. The average molecular weight is 316 g/mol. The van der Waals surface area contributed by atoms with Crippen LogP contribution in [0, 0.1) is 0 Å². The number of carbonyl (C=O) groups excluding carboxylic acids is 1. The van der Waals surface area contributed by atoms with Crippen molar-refractivity contribution in [3.63, 3.8) is 0 Å². The zero-order valence-electron chi connectivity index (χ0n) is 13.1. The maximum atomic E-state index is 12.2. The van der Waals surface area contributed by atoms with Gasteiger partial charge in [0.25, 0.3) is 0 Å². The fourth-order valence-electron chi connectivity index (χ4n) is 2.35. The third kappa shape index (κ3) is 3.84. The van der Waals surface area contributed by atoms with Crippen LogP contribution in [-0.4, -0.2) is 52.0 Å². The van der Waals surface area contributed by atoms with Crippen molar-refractivity contribution in [2.45, 2.75) is 19.5 Å². The summed E-state index contributed by atoms with van der Waals surface area (Å²) in [6.45, 7) is 5.11. The van der Waals surface area contributed by atoms with Crippen LogP contribution in [0.15, 0.2) is 30.7 Å². The lowest BCUT2D eigenvalue weighted by atomic mass is 10.3. The molecular weight excluding hydrogens is 296 g/mol. The first kappa shape index (κ1) is 15.4. The molecule has 8 nitrogen and oxygen atoms in total. The van der Waals surface area contributed by atoms with Gasteiger partial charge in [0.1, 0.15) is 6.04 Å². The molecule has 3 rings (SSSR count). The molecule has 1 atom stereocenters. The predicted molar refractivity (Wildman–Crippen MR) is 83.8 cm³/mol. The minimum absolute atomic E-state index is 0.0970. The first-order valence-corrected chi connectivity index (χ1v) is 7.65. The Morgan fingerprint density at radius 3 is 2.96 bits per heavy atom. The van der Waals surface area contributed by atoms with Crippen LogP contribution in [0.2, 0.25) is 0 Å². The molecule has 1 aliphatic heterocycles. The first-order chi connectivity index (χ1) is 11.2. The maximum Gasteiger partial charge on any atom is 0.244 e. The average Bonchev–Trinajstić information content (AvgIpc) is 3.14. The molecule has 8 heteroatoms. The van der Waals surface area contributed by atoms with Crippen molar-refractivity contribution < 1.29 is 9.53 Å². The summed E-state index contributed by atoms with van der Waals surface area (Å²) in [6.07, 6.45) is 5.14. The van der Waals surface area contributed by atoms with Gasteiger partial charge in [-0.15, -0.1) is 0 Å². The summed E-state index contributed by atoms with van der Waals surface area (Å²) in [5.74, 6) is 0.584. The molecule has 0 bridgehead atoms. The molecule has 1 amide bonds. The van der Waals surface area contributed by atoms with Gasteiger partial charge in [-0.2, -0.15) is 5.10 Å². The van der Waals surface area contributed by atoms with E-state index in [0.29, 0.717) is 25.7 Å². The molecule has 0 aromatic carbocycles. The van der Waals surface area contributed by atoms with E-state index >= 15 is 0 Å². The van der Waals surface area contributed by atoms with E-state index in [1.54, 1.807) is 29.3 Å². The second-order valence-electron chi connectivity index (χ2n) is 5.33. The molecule has 0 saturated carbocycles. The molecule has 1 N–H and O–H groups in total. The van der Waals surface area contributed by atoms with Crippen LogP contribution in [-0.2, 0) is 16.1 Å². The number of rotatable bonds is 5. The SMILES string of the molecule is CC(C(=O)NCc1ccnc(N2CCOCC2)n1)n1cccn1. The molecule has 122 valence electrons. The van der Waals surface area contributed by atoms with Gasteiger partial charge in [-0.3, -0.25) is 9.48 Å². The summed E-state index contributed by atoms with van der Waals surface area (Å²) >= 11 is 0. The number of hydrogen-bond donors (Lipinski definition) is 1. The van der Waals surface area contributed by atoms with Gasteiger partial charge in [-0.05, 0) is 19.1 Å². The molecule has 0 aliphatic carbocycles. The van der Waals surface area contributed by atoms with Gasteiger partial charge in [-0.25, -0.2) is 9.97 Å². The number of aromatic nitrogens is 4. The van der Waals surface area contributed by atoms with Crippen LogP contribution in [0.1, 0.15) is 18.7 Å². The van der Waals surface area contributed by atoms with Crippen LogP contribution < -0.4 is 10.2 Å².